The van der Waals surface area contributed by atoms with Gasteiger partial charge in [0.1, 0.15) is 18.3 Å². The minimum absolute atomic E-state index is 0.171. The molecule has 198 valence electrons. The van der Waals surface area contributed by atoms with Crippen LogP contribution in [0.1, 0.15) is 27.2 Å². The first-order chi connectivity index (χ1) is 18.2. The van der Waals surface area contributed by atoms with Crippen molar-refractivity contribution in [2.24, 2.45) is 0 Å². The summed E-state index contributed by atoms with van der Waals surface area (Å²) >= 11 is 0. The number of rotatable bonds is 9. The molecule has 3 unspecified atom stereocenters. The number of carbonyl (C=O) groups excluding carboxylic acids is 1. The van der Waals surface area contributed by atoms with Crippen LogP contribution in [0.2, 0.25) is 0 Å². The summed E-state index contributed by atoms with van der Waals surface area (Å²) in [4.78, 5) is 30.8. The number of hydrogen-bond acceptors (Lipinski definition) is 7. The fourth-order valence-corrected chi connectivity index (χ4v) is 4.20. The molecule has 38 heavy (non-hydrogen) atoms. The second-order valence-electron chi connectivity index (χ2n) is 9.35. The third-order valence-corrected chi connectivity index (χ3v) is 6.64. The van der Waals surface area contributed by atoms with E-state index < -0.39 is 42.9 Å². The summed E-state index contributed by atoms with van der Waals surface area (Å²) in [5.41, 5.74) is 4.36. The Balaban J connectivity index is 1.61. The van der Waals surface area contributed by atoms with E-state index >= 15 is 0 Å². The molecule has 0 saturated carbocycles. The molecular formula is C29H31N3O6. The zero-order valence-electron chi connectivity index (χ0n) is 21.2. The van der Waals surface area contributed by atoms with E-state index in [1.807, 2.05) is 68.4 Å². The topological polar surface area (TPSA) is 145 Å². The number of aromatic nitrogens is 2. The van der Waals surface area contributed by atoms with Crippen LogP contribution < -0.4 is 10.9 Å². The summed E-state index contributed by atoms with van der Waals surface area (Å²) in [5.74, 6) is -0.679. The van der Waals surface area contributed by atoms with E-state index in [4.69, 9.17) is 5.11 Å². The third-order valence-electron chi connectivity index (χ3n) is 6.64. The molecule has 0 aliphatic rings. The van der Waals surface area contributed by atoms with E-state index in [2.05, 4.69) is 10.3 Å². The molecule has 3 atom stereocenters. The SMILES string of the molecule is Cc1cc2nc(C(=O)NCc3ccc(-c4ccccc4)cc3)c(=O)n(CC(O)C(O)C(O)CO)c2cc1C. The van der Waals surface area contributed by atoms with E-state index in [0.29, 0.717) is 11.0 Å². The Labute approximate surface area is 219 Å². The molecule has 5 N–H and O–H groups in total. The minimum Gasteiger partial charge on any atom is -0.394 e. The first-order valence-electron chi connectivity index (χ1n) is 12.3. The summed E-state index contributed by atoms with van der Waals surface area (Å²) in [6.45, 7) is 2.72. The highest BCUT2D eigenvalue weighted by Gasteiger charge is 2.27. The summed E-state index contributed by atoms with van der Waals surface area (Å²) in [6.07, 6.45) is -4.87. The highest BCUT2D eigenvalue weighted by molar-refractivity contribution is 5.94. The molecule has 0 fully saturated rings. The molecule has 0 spiro atoms. The lowest BCUT2D eigenvalue weighted by Crippen LogP contribution is -2.44. The van der Waals surface area contributed by atoms with Crippen LogP contribution in [0.25, 0.3) is 22.2 Å². The van der Waals surface area contributed by atoms with Crippen LogP contribution in [0.15, 0.2) is 71.5 Å². The third kappa shape index (κ3) is 5.81. The number of amides is 1. The number of aryl methyl sites for hydroxylation is 2. The molecular weight excluding hydrogens is 486 g/mol. The molecule has 4 aromatic rings. The number of aliphatic hydroxyl groups excluding tert-OH is 4. The van der Waals surface area contributed by atoms with Crippen molar-refractivity contribution >= 4 is 16.9 Å². The lowest BCUT2D eigenvalue weighted by molar-refractivity contribution is -0.0805. The van der Waals surface area contributed by atoms with Crippen LogP contribution in [0.5, 0.6) is 0 Å². The zero-order chi connectivity index (χ0) is 27.4. The molecule has 1 aromatic heterocycles. The lowest BCUT2D eigenvalue weighted by Gasteiger charge is -2.23. The molecule has 3 aromatic carbocycles. The maximum atomic E-state index is 13.4. The first-order valence-corrected chi connectivity index (χ1v) is 12.3. The molecule has 0 radical (unpaired) electrons. The fourth-order valence-electron chi connectivity index (χ4n) is 4.20. The van der Waals surface area contributed by atoms with Crippen molar-refractivity contribution in [1.29, 1.82) is 0 Å². The van der Waals surface area contributed by atoms with Crippen molar-refractivity contribution in [3.8, 4) is 11.1 Å². The van der Waals surface area contributed by atoms with Crippen molar-refractivity contribution < 1.29 is 25.2 Å². The van der Waals surface area contributed by atoms with Gasteiger partial charge in [-0.15, -0.1) is 0 Å². The summed E-state index contributed by atoms with van der Waals surface area (Å²) < 4.78 is 1.16. The van der Waals surface area contributed by atoms with Crippen molar-refractivity contribution in [2.75, 3.05) is 6.61 Å². The zero-order valence-corrected chi connectivity index (χ0v) is 21.2. The molecule has 0 bridgehead atoms. The van der Waals surface area contributed by atoms with Gasteiger partial charge in [-0.2, -0.15) is 0 Å². The largest absolute Gasteiger partial charge is 0.394 e. The maximum absolute atomic E-state index is 13.4. The van der Waals surface area contributed by atoms with Gasteiger partial charge < -0.3 is 30.3 Å². The first kappa shape index (κ1) is 27.2. The fraction of sp³-hybridized carbons (Fsp3) is 0.276. The van der Waals surface area contributed by atoms with Crippen molar-refractivity contribution in [2.45, 2.75) is 45.2 Å². The average Bonchev–Trinajstić information content (AvgIpc) is 2.94. The number of nitrogens with zero attached hydrogens (tertiary/aromatic N) is 2. The van der Waals surface area contributed by atoms with Crippen molar-refractivity contribution in [1.82, 2.24) is 14.9 Å². The Kier molecular flexibility index (Phi) is 8.33. The Morgan fingerprint density at radius 3 is 2.21 bits per heavy atom. The number of hydrogen-bond donors (Lipinski definition) is 5. The number of nitrogens with one attached hydrogen (secondary N) is 1. The van der Waals surface area contributed by atoms with Crippen molar-refractivity contribution in [3.05, 3.63) is 99.5 Å². The Morgan fingerprint density at radius 1 is 0.921 bits per heavy atom. The second-order valence-corrected chi connectivity index (χ2v) is 9.35. The maximum Gasteiger partial charge on any atom is 0.282 e. The van der Waals surface area contributed by atoms with Gasteiger partial charge in [0.05, 0.1) is 24.2 Å². The quantitative estimate of drug-likeness (QED) is 0.227. The number of benzene rings is 3. The van der Waals surface area contributed by atoms with E-state index in [0.717, 1.165) is 32.4 Å². The number of aliphatic hydroxyl groups is 4. The monoisotopic (exact) mass is 517 g/mol. The molecule has 0 saturated heterocycles. The summed E-state index contributed by atoms with van der Waals surface area (Å²) in [6, 6.07) is 21.1. The molecule has 0 aliphatic carbocycles. The Morgan fingerprint density at radius 2 is 1.55 bits per heavy atom. The number of carbonyl (C=O) groups is 1. The van der Waals surface area contributed by atoms with E-state index in [1.165, 1.54) is 0 Å². The smallest absolute Gasteiger partial charge is 0.282 e. The molecule has 0 aliphatic heterocycles. The highest BCUT2D eigenvalue weighted by Crippen LogP contribution is 2.20. The standard InChI is InChI=1S/C29H31N3O6/c1-17-12-22-23(13-18(17)2)32(15-24(34)27(36)25(35)16-33)29(38)26(31-22)28(37)30-14-19-8-10-21(11-9-19)20-6-4-3-5-7-20/h3-13,24-25,27,33-36H,14-16H2,1-2H3,(H,30,37). The van der Waals surface area contributed by atoms with Gasteiger partial charge >= 0.3 is 0 Å². The Hall–Kier alpha value is -3.89. The summed E-state index contributed by atoms with van der Waals surface area (Å²) in [7, 11) is 0. The predicted molar refractivity (Wildman–Crippen MR) is 144 cm³/mol. The van der Waals surface area contributed by atoms with Gasteiger partial charge in [0.2, 0.25) is 0 Å². The van der Waals surface area contributed by atoms with Crippen LogP contribution >= 0.6 is 0 Å². The normalized spacial score (nSPS) is 13.7. The minimum atomic E-state index is -1.70. The second kappa shape index (κ2) is 11.7. The van der Waals surface area contributed by atoms with Gasteiger partial charge in [0.15, 0.2) is 5.69 Å². The van der Waals surface area contributed by atoms with Gasteiger partial charge in [-0.25, -0.2) is 4.98 Å². The molecule has 9 nitrogen and oxygen atoms in total. The van der Waals surface area contributed by atoms with Gasteiger partial charge in [-0.3, -0.25) is 9.59 Å². The van der Waals surface area contributed by atoms with Crippen LogP contribution in [-0.4, -0.2) is 60.8 Å². The molecule has 4 rings (SSSR count). The average molecular weight is 518 g/mol. The van der Waals surface area contributed by atoms with E-state index in [9.17, 15) is 24.9 Å². The highest BCUT2D eigenvalue weighted by atomic mass is 16.4. The van der Waals surface area contributed by atoms with E-state index in [1.54, 1.807) is 12.1 Å². The molecule has 1 amide bonds. The van der Waals surface area contributed by atoms with Crippen LogP contribution in [0, 0.1) is 13.8 Å². The molecule has 1 heterocycles. The predicted octanol–water partition coefficient (Wildman–Crippen LogP) is 1.69. The van der Waals surface area contributed by atoms with Gasteiger partial charge in [0.25, 0.3) is 11.5 Å². The molecule has 9 heteroatoms. The Bertz CT molecular complexity index is 1480. The van der Waals surface area contributed by atoms with E-state index in [-0.39, 0.29) is 12.2 Å². The van der Waals surface area contributed by atoms with Gasteiger partial charge in [0, 0.05) is 6.54 Å². The van der Waals surface area contributed by atoms with Gasteiger partial charge in [-0.05, 0) is 53.8 Å². The lowest BCUT2D eigenvalue weighted by atomic mass is 10.0. The van der Waals surface area contributed by atoms with Crippen LogP contribution in [0.4, 0.5) is 0 Å². The van der Waals surface area contributed by atoms with Crippen LogP contribution in [0.3, 0.4) is 0 Å². The summed E-state index contributed by atoms with van der Waals surface area (Å²) in [5, 5.41) is 42.1. The van der Waals surface area contributed by atoms with Crippen molar-refractivity contribution in [3.63, 3.8) is 0 Å². The van der Waals surface area contributed by atoms with Crippen LogP contribution in [-0.2, 0) is 13.1 Å². The van der Waals surface area contributed by atoms with Gasteiger partial charge in [-0.1, -0.05) is 54.6 Å². The number of fused-ring (bicyclic) bond motifs is 1.